The Morgan fingerprint density at radius 3 is 2.62 bits per heavy atom. The number of hydrogen-bond donors (Lipinski definition) is 2. The molecule has 0 aliphatic rings. The van der Waals surface area contributed by atoms with Gasteiger partial charge < -0.3 is 14.7 Å². The van der Waals surface area contributed by atoms with Gasteiger partial charge >= 0.3 is 0 Å². The lowest BCUT2D eigenvalue weighted by Crippen LogP contribution is -2.28. The van der Waals surface area contributed by atoms with E-state index >= 15 is 0 Å². The maximum Gasteiger partial charge on any atom is 0.241 e. The van der Waals surface area contributed by atoms with Gasteiger partial charge in [0.2, 0.25) is 10.0 Å². The van der Waals surface area contributed by atoms with Gasteiger partial charge in [0.15, 0.2) is 0 Å². The van der Waals surface area contributed by atoms with Gasteiger partial charge in [-0.1, -0.05) is 6.07 Å². The van der Waals surface area contributed by atoms with Crippen LogP contribution in [0.1, 0.15) is 5.56 Å². The number of aliphatic hydroxyl groups excluding tert-OH is 1. The maximum absolute atomic E-state index is 12.1. The number of hydrogen-bond acceptors (Lipinski definition) is 5. The molecule has 0 saturated heterocycles. The summed E-state index contributed by atoms with van der Waals surface area (Å²) in [6.07, 6.45) is 0. The summed E-state index contributed by atoms with van der Waals surface area (Å²) >= 11 is 3.21. The zero-order valence-corrected chi connectivity index (χ0v) is 14.6. The van der Waals surface area contributed by atoms with E-state index in [1.807, 2.05) is 19.0 Å². The number of aliphatic hydroxyl groups is 1. The highest BCUT2D eigenvalue weighted by atomic mass is 79.9. The maximum atomic E-state index is 12.1. The van der Waals surface area contributed by atoms with Crippen LogP contribution in [0.2, 0.25) is 0 Å². The fourth-order valence-electron chi connectivity index (χ4n) is 1.54. The molecule has 21 heavy (non-hydrogen) atoms. The number of sulfonamides is 1. The smallest absolute Gasteiger partial charge is 0.241 e. The van der Waals surface area contributed by atoms with E-state index in [-0.39, 0.29) is 18.0 Å². The molecule has 0 radical (unpaired) electrons. The van der Waals surface area contributed by atoms with Crippen molar-refractivity contribution in [1.82, 2.24) is 9.62 Å². The number of halogens is 1. The van der Waals surface area contributed by atoms with Crippen LogP contribution < -0.4 is 4.72 Å². The van der Waals surface area contributed by atoms with E-state index in [1.165, 1.54) is 6.07 Å². The van der Waals surface area contributed by atoms with Crippen molar-refractivity contribution in [1.29, 1.82) is 0 Å². The van der Waals surface area contributed by atoms with Crippen LogP contribution in [0, 0.1) is 0 Å². The molecule has 1 aromatic carbocycles. The van der Waals surface area contributed by atoms with E-state index < -0.39 is 10.0 Å². The lowest BCUT2D eigenvalue weighted by molar-refractivity contribution is 0.122. The number of rotatable bonds is 9. The summed E-state index contributed by atoms with van der Waals surface area (Å²) in [6, 6.07) is 4.62. The Kier molecular flexibility index (Phi) is 7.78. The van der Waals surface area contributed by atoms with Gasteiger partial charge in [-0.25, -0.2) is 13.1 Å². The molecular formula is C13H21BrN2O4S. The zero-order chi connectivity index (χ0) is 15.9. The predicted octanol–water partition coefficient (Wildman–Crippen LogP) is 0.798. The Hall–Kier alpha value is -0.510. The highest BCUT2D eigenvalue weighted by Crippen LogP contribution is 2.23. The minimum atomic E-state index is -3.59. The molecule has 1 rings (SSSR count). The number of nitrogens with zero attached hydrogens (tertiary/aromatic N) is 1. The van der Waals surface area contributed by atoms with E-state index in [9.17, 15) is 8.42 Å². The van der Waals surface area contributed by atoms with Crippen molar-refractivity contribution in [2.75, 3.05) is 40.4 Å². The molecule has 6 nitrogen and oxygen atoms in total. The highest BCUT2D eigenvalue weighted by molar-refractivity contribution is 9.10. The molecule has 0 amide bonds. The second kappa shape index (κ2) is 8.82. The molecular weight excluding hydrogens is 360 g/mol. The third-order valence-corrected chi connectivity index (χ3v) is 5.13. The van der Waals surface area contributed by atoms with Crippen LogP contribution in [0.3, 0.4) is 0 Å². The lowest BCUT2D eigenvalue weighted by Gasteiger charge is -2.11. The van der Waals surface area contributed by atoms with Crippen molar-refractivity contribution in [3.63, 3.8) is 0 Å². The first-order valence-corrected chi connectivity index (χ1v) is 8.76. The van der Waals surface area contributed by atoms with Crippen LogP contribution in [0.4, 0.5) is 0 Å². The average molecular weight is 381 g/mol. The van der Waals surface area contributed by atoms with Crippen LogP contribution in [0.5, 0.6) is 0 Å². The number of nitrogens with one attached hydrogen (secondary N) is 1. The normalized spacial score (nSPS) is 12.0. The Bertz CT molecular complexity index is 549. The summed E-state index contributed by atoms with van der Waals surface area (Å²) in [5.41, 5.74) is 0.646. The molecule has 0 unspecified atom stereocenters. The fourth-order valence-corrected chi connectivity index (χ4v) is 3.67. The largest absolute Gasteiger partial charge is 0.392 e. The summed E-state index contributed by atoms with van der Waals surface area (Å²) in [5.74, 6) is 0. The molecule has 0 aromatic heterocycles. The standard InChI is InChI=1S/C13H21BrN2O4S/c1-16(2)6-8-20-7-5-15-21(18,19)13-4-3-11(10-17)9-12(13)14/h3-4,9,15,17H,5-8,10H2,1-2H3. The quantitative estimate of drug-likeness (QED) is 0.619. The molecule has 0 heterocycles. The molecule has 2 N–H and O–H groups in total. The number of ether oxygens (including phenoxy) is 1. The van der Waals surface area contributed by atoms with Gasteiger partial charge in [0.25, 0.3) is 0 Å². The van der Waals surface area contributed by atoms with E-state index in [1.54, 1.807) is 12.1 Å². The molecule has 0 aliphatic carbocycles. The van der Waals surface area contributed by atoms with Crippen molar-refractivity contribution < 1.29 is 18.3 Å². The molecule has 0 bridgehead atoms. The van der Waals surface area contributed by atoms with Crippen molar-refractivity contribution in [3.05, 3.63) is 28.2 Å². The molecule has 0 saturated carbocycles. The monoisotopic (exact) mass is 380 g/mol. The Morgan fingerprint density at radius 2 is 2.05 bits per heavy atom. The Balaban J connectivity index is 2.50. The summed E-state index contributed by atoms with van der Waals surface area (Å²) in [6.45, 7) is 1.75. The van der Waals surface area contributed by atoms with Gasteiger partial charge in [-0.05, 0) is 47.7 Å². The van der Waals surface area contributed by atoms with Gasteiger partial charge in [0.05, 0.1) is 24.7 Å². The van der Waals surface area contributed by atoms with Crippen LogP contribution in [0.15, 0.2) is 27.6 Å². The first-order chi connectivity index (χ1) is 9.86. The van der Waals surface area contributed by atoms with E-state index in [4.69, 9.17) is 9.84 Å². The fraction of sp³-hybridized carbons (Fsp3) is 0.538. The van der Waals surface area contributed by atoms with Crippen LogP contribution >= 0.6 is 15.9 Å². The summed E-state index contributed by atoms with van der Waals surface area (Å²) in [4.78, 5) is 2.14. The van der Waals surface area contributed by atoms with Crippen molar-refractivity contribution in [2.24, 2.45) is 0 Å². The first-order valence-electron chi connectivity index (χ1n) is 6.48. The van der Waals surface area contributed by atoms with Gasteiger partial charge in [0.1, 0.15) is 0 Å². The van der Waals surface area contributed by atoms with Crippen LogP contribution in [0.25, 0.3) is 0 Å². The van der Waals surface area contributed by atoms with E-state index in [0.29, 0.717) is 23.2 Å². The van der Waals surface area contributed by atoms with Gasteiger partial charge in [-0.2, -0.15) is 0 Å². The average Bonchev–Trinajstić information content (AvgIpc) is 2.41. The second-order valence-corrected chi connectivity index (χ2v) is 7.33. The third-order valence-electron chi connectivity index (χ3n) is 2.69. The van der Waals surface area contributed by atoms with E-state index in [0.717, 1.165) is 6.54 Å². The molecule has 8 heteroatoms. The lowest BCUT2D eigenvalue weighted by atomic mass is 10.2. The van der Waals surface area contributed by atoms with Crippen molar-refractivity contribution >= 4 is 26.0 Å². The third kappa shape index (κ3) is 6.41. The Labute approximate surface area is 134 Å². The molecule has 120 valence electrons. The van der Waals surface area contributed by atoms with Gasteiger partial charge in [-0.3, -0.25) is 0 Å². The van der Waals surface area contributed by atoms with Crippen LogP contribution in [-0.2, 0) is 21.4 Å². The summed E-state index contributed by atoms with van der Waals surface area (Å²) < 4.78 is 32.5. The summed E-state index contributed by atoms with van der Waals surface area (Å²) in [5, 5.41) is 9.01. The zero-order valence-electron chi connectivity index (χ0n) is 12.2. The van der Waals surface area contributed by atoms with Gasteiger partial charge in [0, 0.05) is 17.6 Å². The SMILES string of the molecule is CN(C)CCOCCNS(=O)(=O)c1ccc(CO)cc1Br. The predicted molar refractivity (Wildman–Crippen MR) is 84.6 cm³/mol. The number of likely N-dealkylation sites (N-methyl/N-ethyl adjacent to an activating group) is 1. The Morgan fingerprint density at radius 1 is 1.33 bits per heavy atom. The summed E-state index contributed by atoms with van der Waals surface area (Å²) in [7, 11) is 0.300. The molecule has 0 atom stereocenters. The first kappa shape index (κ1) is 18.5. The van der Waals surface area contributed by atoms with E-state index in [2.05, 4.69) is 20.7 Å². The van der Waals surface area contributed by atoms with Gasteiger partial charge in [-0.15, -0.1) is 0 Å². The minimum absolute atomic E-state index is 0.133. The highest BCUT2D eigenvalue weighted by Gasteiger charge is 2.17. The molecule has 0 aliphatic heterocycles. The molecule has 1 aromatic rings. The minimum Gasteiger partial charge on any atom is -0.392 e. The second-order valence-electron chi connectivity index (χ2n) is 4.74. The number of benzene rings is 1. The molecule has 0 spiro atoms. The van der Waals surface area contributed by atoms with Crippen molar-refractivity contribution in [2.45, 2.75) is 11.5 Å². The van der Waals surface area contributed by atoms with Crippen molar-refractivity contribution in [3.8, 4) is 0 Å². The topological polar surface area (TPSA) is 78.9 Å². The molecule has 0 fully saturated rings. The van der Waals surface area contributed by atoms with Crippen LogP contribution in [-0.4, -0.2) is 58.8 Å².